The first-order chi connectivity index (χ1) is 16.4. The molecule has 0 saturated carbocycles. The smallest absolute Gasteiger partial charge is 0.322 e. The van der Waals surface area contributed by atoms with Crippen LogP contribution in [0, 0.1) is 0 Å². The Morgan fingerprint density at radius 2 is 1.97 bits per heavy atom. The minimum Gasteiger partial charge on any atom is -0.322 e. The molecule has 1 aromatic carbocycles. The van der Waals surface area contributed by atoms with Gasteiger partial charge in [-0.05, 0) is 36.1 Å². The Balaban J connectivity index is 1.71. The molecule has 3 aromatic rings. The van der Waals surface area contributed by atoms with Gasteiger partial charge in [-0.15, -0.1) is 0 Å². The second kappa shape index (κ2) is 10.6. The van der Waals surface area contributed by atoms with Crippen molar-refractivity contribution in [1.82, 2.24) is 19.4 Å². The lowest BCUT2D eigenvalue weighted by atomic mass is 10.0. The Hall–Kier alpha value is -2.91. The summed E-state index contributed by atoms with van der Waals surface area (Å²) >= 11 is 1.98. The molecule has 3 heterocycles. The van der Waals surface area contributed by atoms with Crippen LogP contribution >= 0.6 is 11.8 Å². The minimum atomic E-state index is -0.600. The van der Waals surface area contributed by atoms with Crippen LogP contribution in [0.1, 0.15) is 54.7 Å². The van der Waals surface area contributed by atoms with Gasteiger partial charge in [-0.3, -0.25) is 24.0 Å². The Morgan fingerprint density at radius 3 is 2.68 bits per heavy atom. The number of thioether (sulfide) groups is 1. The van der Waals surface area contributed by atoms with Crippen LogP contribution in [0.15, 0.2) is 39.9 Å². The lowest BCUT2D eigenvalue weighted by molar-refractivity contribution is 0.102. The van der Waals surface area contributed by atoms with E-state index in [1.807, 2.05) is 50.7 Å². The number of aromatic amines is 1. The number of hydrogen-bond acceptors (Lipinski definition) is 6. The molecule has 0 radical (unpaired) electrons. The maximum absolute atomic E-state index is 13.4. The number of aromatic nitrogens is 3. The molecule has 8 nitrogen and oxygen atoms in total. The molecule has 9 heteroatoms. The Labute approximate surface area is 202 Å². The molecule has 1 saturated heterocycles. The van der Waals surface area contributed by atoms with Crippen LogP contribution in [-0.4, -0.2) is 49.9 Å². The Morgan fingerprint density at radius 1 is 1.21 bits per heavy atom. The summed E-state index contributed by atoms with van der Waals surface area (Å²) in [5.74, 6) is 1.91. The fourth-order valence-electron chi connectivity index (χ4n) is 4.16. The normalized spacial score (nSPS) is 14.6. The lowest BCUT2D eigenvalue weighted by Gasteiger charge is -2.26. The van der Waals surface area contributed by atoms with Crippen molar-refractivity contribution >= 4 is 34.4 Å². The molecule has 1 aliphatic heterocycles. The average Bonchev–Trinajstić information content (AvgIpc) is 2.81. The summed E-state index contributed by atoms with van der Waals surface area (Å²) in [6, 6.07) is 9.47. The van der Waals surface area contributed by atoms with Crippen LogP contribution in [0.3, 0.4) is 0 Å². The van der Waals surface area contributed by atoms with Gasteiger partial charge in [-0.1, -0.05) is 32.9 Å². The summed E-state index contributed by atoms with van der Waals surface area (Å²) in [7, 11) is 0. The molecule has 34 heavy (non-hydrogen) atoms. The molecule has 4 rings (SSSR count). The van der Waals surface area contributed by atoms with Crippen LogP contribution in [0.2, 0.25) is 0 Å². The van der Waals surface area contributed by atoms with Crippen LogP contribution in [0.5, 0.6) is 0 Å². The highest BCUT2D eigenvalue weighted by Gasteiger charge is 2.21. The van der Waals surface area contributed by atoms with Crippen molar-refractivity contribution in [3.8, 4) is 0 Å². The highest BCUT2D eigenvalue weighted by Crippen LogP contribution is 2.22. The summed E-state index contributed by atoms with van der Waals surface area (Å²) in [6.45, 7) is 9.23. The van der Waals surface area contributed by atoms with Gasteiger partial charge in [0.15, 0.2) is 5.65 Å². The van der Waals surface area contributed by atoms with Gasteiger partial charge in [0.1, 0.15) is 0 Å². The maximum Gasteiger partial charge on any atom is 0.329 e. The highest BCUT2D eigenvalue weighted by atomic mass is 32.2. The predicted molar refractivity (Wildman–Crippen MR) is 138 cm³/mol. The van der Waals surface area contributed by atoms with Crippen molar-refractivity contribution in [2.24, 2.45) is 0 Å². The Bertz CT molecular complexity index is 1310. The zero-order valence-electron chi connectivity index (χ0n) is 19.9. The molecular formula is C25H31N5O3S. The zero-order valence-corrected chi connectivity index (χ0v) is 20.7. The van der Waals surface area contributed by atoms with Gasteiger partial charge in [0.05, 0.1) is 10.9 Å². The van der Waals surface area contributed by atoms with Crippen molar-refractivity contribution < 1.29 is 4.79 Å². The number of nitrogens with one attached hydrogen (secondary N) is 2. The van der Waals surface area contributed by atoms with Crippen molar-refractivity contribution in [3.05, 3.63) is 68.0 Å². The van der Waals surface area contributed by atoms with E-state index < -0.39 is 17.2 Å². The van der Waals surface area contributed by atoms with E-state index in [2.05, 4.69) is 26.3 Å². The summed E-state index contributed by atoms with van der Waals surface area (Å²) in [4.78, 5) is 48.0. The van der Waals surface area contributed by atoms with Gasteiger partial charge in [-0.2, -0.15) is 11.8 Å². The van der Waals surface area contributed by atoms with E-state index in [0.717, 1.165) is 36.7 Å². The number of pyridine rings is 1. The number of H-pyrrole nitrogens is 1. The molecular weight excluding hydrogens is 450 g/mol. The van der Waals surface area contributed by atoms with Gasteiger partial charge >= 0.3 is 5.69 Å². The molecule has 1 aliphatic rings. The lowest BCUT2D eigenvalue weighted by Crippen LogP contribution is -2.32. The molecule has 2 N–H and O–H groups in total. The number of hydrogen-bond donors (Lipinski definition) is 2. The average molecular weight is 482 g/mol. The SMILES string of the molecule is CCCn1c(=O)[nH]c(=O)c2c(C(=O)Nc3cccc(CN4CCSCC4)c3)cc(C(C)C)nc21. The number of fused-ring (bicyclic) bond motifs is 1. The number of carbonyl (C=O) groups excluding carboxylic acids is 1. The first-order valence-corrected chi connectivity index (χ1v) is 12.9. The van der Waals surface area contributed by atoms with Crippen LogP contribution in [0.4, 0.5) is 5.69 Å². The third-order valence-corrected chi connectivity index (χ3v) is 6.89. The fraction of sp³-hybridized carbons (Fsp3) is 0.440. The van der Waals surface area contributed by atoms with Gasteiger partial charge in [0.2, 0.25) is 0 Å². The molecule has 0 bridgehead atoms. The van der Waals surface area contributed by atoms with Crippen molar-refractivity contribution in [2.45, 2.75) is 46.2 Å². The van der Waals surface area contributed by atoms with E-state index in [0.29, 0.717) is 24.3 Å². The standard InChI is InChI=1S/C25H31N5O3S/c1-4-8-30-22-21(24(32)28-25(30)33)19(14-20(27-22)16(2)3)23(31)26-18-7-5-6-17(13-18)15-29-9-11-34-12-10-29/h5-7,13-14,16H,4,8-12,15H2,1-3H3,(H,26,31)(H,28,32,33). The molecule has 2 aromatic heterocycles. The second-order valence-electron chi connectivity index (χ2n) is 8.90. The predicted octanol–water partition coefficient (Wildman–Crippen LogP) is 3.42. The molecule has 0 unspecified atom stereocenters. The molecule has 1 amide bonds. The first-order valence-electron chi connectivity index (χ1n) is 11.8. The monoisotopic (exact) mass is 481 g/mol. The number of nitrogens with zero attached hydrogens (tertiary/aromatic N) is 3. The molecule has 0 atom stereocenters. The molecule has 0 aliphatic carbocycles. The second-order valence-corrected chi connectivity index (χ2v) is 10.1. The van der Waals surface area contributed by atoms with E-state index in [1.54, 1.807) is 6.07 Å². The Kier molecular flexibility index (Phi) is 7.53. The van der Waals surface area contributed by atoms with Crippen molar-refractivity contribution in [3.63, 3.8) is 0 Å². The number of benzene rings is 1. The van der Waals surface area contributed by atoms with Gasteiger partial charge < -0.3 is 5.32 Å². The van der Waals surface area contributed by atoms with E-state index in [-0.39, 0.29) is 22.5 Å². The molecule has 0 spiro atoms. The third-order valence-electron chi connectivity index (χ3n) is 5.95. The summed E-state index contributed by atoms with van der Waals surface area (Å²) < 4.78 is 1.44. The third kappa shape index (κ3) is 5.26. The van der Waals surface area contributed by atoms with Gasteiger partial charge in [0.25, 0.3) is 11.5 Å². The van der Waals surface area contributed by atoms with Crippen molar-refractivity contribution in [2.75, 3.05) is 29.9 Å². The van der Waals surface area contributed by atoms with Crippen LogP contribution in [0.25, 0.3) is 11.0 Å². The van der Waals surface area contributed by atoms with Crippen molar-refractivity contribution in [1.29, 1.82) is 0 Å². The summed E-state index contributed by atoms with van der Waals surface area (Å²) in [5, 5.41) is 3.09. The first kappa shape index (κ1) is 24.2. The quantitative estimate of drug-likeness (QED) is 0.536. The maximum atomic E-state index is 13.4. The molecule has 1 fully saturated rings. The van der Waals surface area contributed by atoms with Gasteiger partial charge in [0, 0.05) is 49.1 Å². The van der Waals surface area contributed by atoms with E-state index in [4.69, 9.17) is 0 Å². The number of carbonyl (C=O) groups is 1. The number of rotatable bonds is 7. The van der Waals surface area contributed by atoms with E-state index >= 15 is 0 Å². The van der Waals surface area contributed by atoms with Crippen LogP contribution < -0.4 is 16.6 Å². The zero-order chi connectivity index (χ0) is 24.2. The number of amides is 1. The molecule has 180 valence electrons. The van der Waals surface area contributed by atoms with E-state index in [1.165, 1.54) is 4.57 Å². The number of aryl methyl sites for hydroxylation is 1. The van der Waals surface area contributed by atoms with Gasteiger partial charge in [-0.25, -0.2) is 9.78 Å². The summed E-state index contributed by atoms with van der Waals surface area (Å²) in [6.07, 6.45) is 0.693. The fourth-order valence-corrected chi connectivity index (χ4v) is 5.14. The minimum absolute atomic E-state index is 0.0199. The van der Waals surface area contributed by atoms with E-state index in [9.17, 15) is 14.4 Å². The van der Waals surface area contributed by atoms with Crippen LogP contribution in [-0.2, 0) is 13.1 Å². The number of anilines is 1. The topological polar surface area (TPSA) is 100 Å². The largest absolute Gasteiger partial charge is 0.329 e. The summed E-state index contributed by atoms with van der Waals surface area (Å²) in [5.41, 5.74) is 1.82. The highest BCUT2D eigenvalue weighted by molar-refractivity contribution is 7.99.